The fourth-order valence-electron chi connectivity index (χ4n) is 1.43. The monoisotopic (exact) mass is 264 g/mol. The molecule has 1 aromatic heterocycles. The molecule has 0 spiro atoms. The lowest BCUT2D eigenvalue weighted by Crippen LogP contribution is -2.45. The Labute approximate surface area is 115 Å². The maximum absolute atomic E-state index is 3.99. The summed E-state index contributed by atoms with van der Waals surface area (Å²) in [6.07, 6.45) is 4.92. The normalized spacial score (nSPS) is 15.1. The van der Waals surface area contributed by atoms with E-state index in [1.54, 1.807) is 19.0 Å². The summed E-state index contributed by atoms with van der Waals surface area (Å²) < 4.78 is 1.83. The molecule has 2 heterocycles. The fraction of sp³-hybridized carbons (Fsp3) is 0.615. The van der Waals surface area contributed by atoms with E-state index in [1.165, 1.54) is 0 Å². The third kappa shape index (κ3) is 4.39. The van der Waals surface area contributed by atoms with Gasteiger partial charge in [0.2, 0.25) is 0 Å². The predicted octanol–water partition coefficient (Wildman–Crippen LogP) is 2.14. The minimum absolute atomic E-state index is 0.0492. The van der Waals surface area contributed by atoms with Gasteiger partial charge in [-0.2, -0.15) is 5.10 Å². The molecular weight excluding hydrogens is 240 g/mol. The molecule has 0 unspecified atom stereocenters. The summed E-state index contributed by atoms with van der Waals surface area (Å²) >= 11 is 0. The van der Waals surface area contributed by atoms with Gasteiger partial charge in [0.25, 0.3) is 0 Å². The van der Waals surface area contributed by atoms with E-state index < -0.39 is 0 Å². The van der Waals surface area contributed by atoms with Crippen molar-refractivity contribution in [3.8, 4) is 0 Å². The highest BCUT2D eigenvalue weighted by Gasteiger charge is 2.24. The SMILES string of the molecule is C=C1N=CNN1C(C)(C)C.CC(C)(C)n1cncn1. The molecule has 0 radical (unpaired) electrons. The predicted molar refractivity (Wildman–Crippen MR) is 77.4 cm³/mol. The Hall–Kier alpha value is -1.85. The van der Waals surface area contributed by atoms with Crippen LogP contribution in [0.3, 0.4) is 0 Å². The molecule has 0 aliphatic carbocycles. The van der Waals surface area contributed by atoms with E-state index in [-0.39, 0.29) is 11.1 Å². The maximum Gasteiger partial charge on any atom is 0.142 e. The Morgan fingerprint density at radius 2 is 1.74 bits per heavy atom. The summed E-state index contributed by atoms with van der Waals surface area (Å²) in [5, 5.41) is 5.92. The lowest BCUT2D eigenvalue weighted by atomic mass is 10.1. The van der Waals surface area contributed by atoms with Gasteiger partial charge in [-0.15, -0.1) is 0 Å². The van der Waals surface area contributed by atoms with Gasteiger partial charge in [0.1, 0.15) is 24.8 Å². The molecule has 1 aromatic rings. The van der Waals surface area contributed by atoms with Gasteiger partial charge >= 0.3 is 0 Å². The van der Waals surface area contributed by atoms with Crippen molar-refractivity contribution in [1.29, 1.82) is 0 Å². The van der Waals surface area contributed by atoms with Gasteiger partial charge in [-0.1, -0.05) is 6.58 Å². The minimum atomic E-state index is 0.0492. The number of nitrogens with one attached hydrogen (secondary N) is 1. The van der Waals surface area contributed by atoms with E-state index in [2.05, 4.69) is 68.6 Å². The second-order valence-corrected chi connectivity index (χ2v) is 6.32. The van der Waals surface area contributed by atoms with Crippen LogP contribution in [0.1, 0.15) is 41.5 Å². The number of rotatable bonds is 0. The van der Waals surface area contributed by atoms with Gasteiger partial charge in [0.05, 0.1) is 11.1 Å². The number of hydrogen-bond acceptors (Lipinski definition) is 5. The fourth-order valence-corrected chi connectivity index (χ4v) is 1.43. The van der Waals surface area contributed by atoms with Crippen LogP contribution in [-0.4, -0.2) is 31.7 Å². The Bertz CT molecular complexity index is 433. The number of nitrogens with zero attached hydrogens (tertiary/aromatic N) is 5. The Kier molecular flexibility index (Phi) is 4.34. The highest BCUT2D eigenvalue weighted by Crippen LogP contribution is 2.17. The standard InChI is InChI=1S/C7H13N3.C6H11N3/c1-6-8-5-9-10(6)7(2,3)4;1-6(2,3)9-5-7-4-8-9/h5H,1H2,2-4H3,(H,8,9);4-5H,1-3H3. The molecule has 0 bridgehead atoms. The number of aliphatic imine (C=N–C) groups is 1. The molecule has 1 aliphatic heterocycles. The van der Waals surface area contributed by atoms with Gasteiger partial charge in [-0.25, -0.2) is 14.7 Å². The van der Waals surface area contributed by atoms with Crippen molar-refractivity contribution in [3.63, 3.8) is 0 Å². The molecule has 6 nitrogen and oxygen atoms in total. The van der Waals surface area contributed by atoms with Crippen molar-refractivity contribution in [2.24, 2.45) is 4.99 Å². The van der Waals surface area contributed by atoms with Crippen LogP contribution < -0.4 is 5.43 Å². The molecule has 0 saturated carbocycles. The van der Waals surface area contributed by atoms with Crippen molar-refractivity contribution in [2.45, 2.75) is 52.6 Å². The second-order valence-electron chi connectivity index (χ2n) is 6.32. The zero-order valence-electron chi connectivity index (χ0n) is 12.7. The van der Waals surface area contributed by atoms with Crippen molar-refractivity contribution in [3.05, 3.63) is 25.1 Å². The van der Waals surface area contributed by atoms with Crippen molar-refractivity contribution < 1.29 is 0 Å². The van der Waals surface area contributed by atoms with Crippen LogP contribution in [0.25, 0.3) is 0 Å². The third-order valence-electron chi connectivity index (χ3n) is 2.44. The molecule has 1 N–H and O–H groups in total. The first kappa shape index (κ1) is 15.2. The molecule has 1 aliphatic rings. The number of hydrogen-bond donors (Lipinski definition) is 1. The summed E-state index contributed by atoms with van der Waals surface area (Å²) in [4.78, 5) is 7.82. The van der Waals surface area contributed by atoms with Gasteiger partial charge in [-0.3, -0.25) is 10.4 Å². The van der Waals surface area contributed by atoms with Crippen LogP contribution in [0.4, 0.5) is 0 Å². The topological polar surface area (TPSA) is 58.3 Å². The molecule has 0 atom stereocenters. The molecule has 0 amide bonds. The van der Waals surface area contributed by atoms with E-state index in [0.717, 1.165) is 5.82 Å². The molecule has 6 heteroatoms. The molecule has 0 saturated heterocycles. The largest absolute Gasteiger partial charge is 0.286 e. The molecule has 0 fully saturated rings. The lowest BCUT2D eigenvalue weighted by molar-refractivity contribution is 0.165. The van der Waals surface area contributed by atoms with Gasteiger partial charge in [0, 0.05) is 0 Å². The van der Waals surface area contributed by atoms with Crippen LogP contribution in [0.15, 0.2) is 30.0 Å². The number of aromatic nitrogens is 3. The van der Waals surface area contributed by atoms with Gasteiger partial charge in [-0.05, 0) is 41.5 Å². The minimum Gasteiger partial charge on any atom is -0.286 e. The summed E-state index contributed by atoms with van der Waals surface area (Å²) in [5.41, 5.74) is 3.10. The van der Waals surface area contributed by atoms with E-state index in [9.17, 15) is 0 Å². The van der Waals surface area contributed by atoms with Gasteiger partial charge < -0.3 is 0 Å². The first-order valence-electron chi connectivity index (χ1n) is 6.25. The van der Waals surface area contributed by atoms with Crippen LogP contribution in [0.2, 0.25) is 0 Å². The average Bonchev–Trinajstić information content (AvgIpc) is 2.84. The van der Waals surface area contributed by atoms with Crippen LogP contribution in [0, 0.1) is 0 Å². The highest BCUT2D eigenvalue weighted by atomic mass is 15.6. The smallest absolute Gasteiger partial charge is 0.142 e. The molecule has 0 aromatic carbocycles. The van der Waals surface area contributed by atoms with Crippen LogP contribution >= 0.6 is 0 Å². The van der Waals surface area contributed by atoms with Crippen molar-refractivity contribution in [2.75, 3.05) is 0 Å². The number of hydrazine groups is 1. The maximum atomic E-state index is 3.99. The van der Waals surface area contributed by atoms with Crippen LogP contribution in [0.5, 0.6) is 0 Å². The average molecular weight is 264 g/mol. The summed E-state index contributed by atoms with van der Waals surface area (Å²) in [6.45, 7) is 16.3. The third-order valence-corrected chi connectivity index (χ3v) is 2.44. The Morgan fingerprint density at radius 3 is 1.95 bits per heavy atom. The molecule has 106 valence electrons. The van der Waals surface area contributed by atoms with E-state index in [0.29, 0.717) is 0 Å². The van der Waals surface area contributed by atoms with Crippen molar-refractivity contribution >= 4 is 6.34 Å². The molecular formula is C13H24N6. The summed E-state index contributed by atoms with van der Waals surface area (Å²) in [7, 11) is 0. The zero-order valence-corrected chi connectivity index (χ0v) is 12.7. The first-order valence-corrected chi connectivity index (χ1v) is 6.25. The highest BCUT2D eigenvalue weighted by molar-refractivity contribution is 5.58. The first-order chi connectivity index (χ1) is 8.62. The molecule has 2 rings (SSSR count). The van der Waals surface area contributed by atoms with E-state index in [1.807, 2.05) is 9.69 Å². The Morgan fingerprint density at radius 1 is 1.11 bits per heavy atom. The quantitative estimate of drug-likeness (QED) is 0.780. The van der Waals surface area contributed by atoms with Crippen LogP contribution in [-0.2, 0) is 5.54 Å². The summed E-state index contributed by atoms with van der Waals surface area (Å²) in [6, 6.07) is 0. The van der Waals surface area contributed by atoms with E-state index in [4.69, 9.17) is 0 Å². The summed E-state index contributed by atoms with van der Waals surface area (Å²) in [5.74, 6) is 0.771. The zero-order chi connectivity index (χ0) is 14.7. The van der Waals surface area contributed by atoms with Gasteiger partial charge in [0.15, 0.2) is 0 Å². The lowest BCUT2D eigenvalue weighted by Gasteiger charge is -2.32. The van der Waals surface area contributed by atoms with Crippen molar-refractivity contribution in [1.82, 2.24) is 25.2 Å². The molecule has 19 heavy (non-hydrogen) atoms. The van der Waals surface area contributed by atoms with E-state index >= 15 is 0 Å². The Balaban J connectivity index is 0.000000191. The second kappa shape index (κ2) is 5.42.